The van der Waals surface area contributed by atoms with Crippen LogP contribution >= 0.6 is 0 Å². The second-order valence-electron chi connectivity index (χ2n) is 4.07. The van der Waals surface area contributed by atoms with Crippen LogP contribution in [-0.4, -0.2) is 23.1 Å². The molecule has 0 spiro atoms. The van der Waals surface area contributed by atoms with E-state index < -0.39 is 0 Å². The molecule has 1 fully saturated rings. The highest BCUT2D eigenvalue weighted by atomic mass is 16.3. The lowest BCUT2D eigenvalue weighted by atomic mass is 9.91. The first-order valence-electron chi connectivity index (χ1n) is 5.24. The van der Waals surface area contributed by atoms with E-state index in [1.807, 2.05) is 0 Å². The third kappa shape index (κ3) is 1.45. The van der Waals surface area contributed by atoms with Crippen molar-refractivity contribution >= 4 is 0 Å². The summed E-state index contributed by atoms with van der Waals surface area (Å²) >= 11 is 0. The van der Waals surface area contributed by atoms with Crippen molar-refractivity contribution in [1.29, 1.82) is 0 Å². The number of hydrogen-bond donors (Lipinski definition) is 1. The van der Waals surface area contributed by atoms with E-state index in [-0.39, 0.29) is 5.76 Å². The zero-order chi connectivity index (χ0) is 10.1. The van der Waals surface area contributed by atoms with Crippen molar-refractivity contribution in [3.63, 3.8) is 0 Å². The molecule has 76 valence electrons. The summed E-state index contributed by atoms with van der Waals surface area (Å²) in [6.07, 6.45) is 4.31. The Morgan fingerprint density at radius 2 is 1.86 bits per heavy atom. The van der Waals surface area contributed by atoms with Gasteiger partial charge in [0.15, 0.2) is 0 Å². The summed E-state index contributed by atoms with van der Waals surface area (Å²) in [6.45, 7) is 9.92. The van der Waals surface area contributed by atoms with E-state index >= 15 is 0 Å². The maximum atomic E-state index is 9.51. The molecule has 2 rings (SSSR count). The first-order valence-corrected chi connectivity index (χ1v) is 5.24. The predicted octanol–water partition coefficient (Wildman–Crippen LogP) is 2.76. The molecule has 0 radical (unpaired) electrons. The smallest absolute Gasteiger partial charge is 0.113 e. The van der Waals surface area contributed by atoms with Crippen LogP contribution in [0.1, 0.15) is 25.7 Å². The summed E-state index contributed by atoms with van der Waals surface area (Å²) in [5.74, 6) is 0.229. The number of rotatable bonds is 1. The van der Waals surface area contributed by atoms with Gasteiger partial charge in [-0.05, 0) is 31.3 Å². The van der Waals surface area contributed by atoms with E-state index in [0.717, 1.165) is 37.9 Å². The van der Waals surface area contributed by atoms with Crippen molar-refractivity contribution in [1.82, 2.24) is 4.90 Å². The molecule has 1 saturated heterocycles. The minimum Gasteiger partial charge on any atom is -0.508 e. The first kappa shape index (κ1) is 9.38. The molecule has 0 aromatic rings. The highest BCUT2D eigenvalue weighted by Gasteiger charge is 2.25. The molecule has 0 amide bonds. The molecule has 0 aromatic heterocycles. The number of nitrogens with zero attached hydrogens (tertiary/aromatic N) is 1. The van der Waals surface area contributed by atoms with Crippen LogP contribution in [0.25, 0.3) is 0 Å². The fourth-order valence-electron chi connectivity index (χ4n) is 2.41. The maximum absolute atomic E-state index is 9.51. The van der Waals surface area contributed by atoms with Crippen LogP contribution in [0, 0.1) is 0 Å². The van der Waals surface area contributed by atoms with Gasteiger partial charge in [-0.1, -0.05) is 13.2 Å². The number of allylic oxidation sites excluding steroid dienone is 2. The van der Waals surface area contributed by atoms with Crippen molar-refractivity contribution in [2.75, 3.05) is 13.1 Å². The van der Waals surface area contributed by atoms with Crippen LogP contribution in [0.4, 0.5) is 0 Å². The van der Waals surface area contributed by atoms with Gasteiger partial charge in [-0.2, -0.15) is 0 Å². The van der Waals surface area contributed by atoms with Crippen molar-refractivity contribution < 1.29 is 5.11 Å². The van der Waals surface area contributed by atoms with Crippen molar-refractivity contribution in [2.24, 2.45) is 0 Å². The molecular weight excluding hydrogens is 174 g/mol. The fraction of sp³-hybridized carbons (Fsp3) is 0.500. The highest BCUT2D eigenvalue weighted by molar-refractivity contribution is 5.42. The Balaban J connectivity index is 2.41. The standard InChI is InChI=1S/C12H17NO/c1-9-5-3-7-13-8-4-6-11(10(2)14)12(9)13/h14H,1-8H2. The third-order valence-corrected chi connectivity index (χ3v) is 3.05. The zero-order valence-electron chi connectivity index (χ0n) is 8.55. The second-order valence-corrected chi connectivity index (χ2v) is 4.07. The lowest BCUT2D eigenvalue weighted by Crippen LogP contribution is -2.34. The molecule has 0 aliphatic carbocycles. The fourth-order valence-corrected chi connectivity index (χ4v) is 2.41. The Bertz CT molecular complexity index is 314. The maximum Gasteiger partial charge on any atom is 0.113 e. The highest BCUT2D eigenvalue weighted by Crippen LogP contribution is 2.34. The predicted molar refractivity (Wildman–Crippen MR) is 58.0 cm³/mol. The lowest BCUT2D eigenvalue weighted by molar-refractivity contribution is 0.288. The van der Waals surface area contributed by atoms with E-state index in [2.05, 4.69) is 18.1 Å². The van der Waals surface area contributed by atoms with Gasteiger partial charge in [0.05, 0.1) is 0 Å². The van der Waals surface area contributed by atoms with Gasteiger partial charge in [-0.3, -0.25) is 0 Å². The number of fused-ring (bicyclic) bond motifs is 1. The molecule has 14 heavy (non-hydrogen) atoms. The molecule has 0 unspecified atom stereocenters. The summed E-state index contributed by atoms with van der Waals surface area (Å²) in [6, 6.07) is 0. The molecule has 1 N–H and O–H groups in total. The monoisotopic (exact) mass is 191 g/mol. The van der Waals surface area contributed by atoms with Gasteiger partial charge < -0.3 is 10.0 Å². The molecule has 0 saturated carbocycles. The van der Waals surface area contributed by atoms with Gasteiger partial charge >= 0.3 is 0 Å². The first-order chi connectivity index (χ1) is 6.70. The van der Waals surface area contributed by atoms with Gasteiger partial charge in [-0.25, -0.2) is 0 Å². The van der Waals surface area contributed by atoms with Gasteiger partial charge in [0.2, 0.25) is 0 Å². The average molecular weight is 191 g/mol. The van der Waals surface area contributed by atoms with Crippen LogP contribution < -0.4 is 0 Å². The number of aliphatic hydroxyl groups is 1. The normalized spacial score (nSPS) is 22.3. The van der Waals surface area contributed by atoms with E-state index in [4.69, 9.17) is 0 Å². The van der Waals surface area contributed by atoms with Crippen LogP contribution in [0.3, 0.4) is 0 Å². The van der Waals surface area contributed by atoms with Gasteiger partial charge in [-0.15, -0.1) is 0 Å². The number of aliphatic hydroxyl groups excluding tert-OH is 1. The van der Waals surface area contributed by atoms with Crippen LogP contribution in [-0.2, 0) is 0 Å². The summed E-state index contributed by atoms with van der Waals surface area (Å²) < 4.78 is 0. The quantitative estimate of drug-likeness (QED) is 0.644. The summed E-state index contributed by atoms with van der Waals surface area (Å²) in [4.78, 5) is 2.34. The Morgan fingerprint density at radius 1 is 1.21 bits per heavy atom. The topological polar surface area (TPSA) is 23.5 Å². The molecule has 2 aliphatic rings. The third-order valence-electron chi connectivity index (χ3n) is 3.05. The zero-order valence-corrected chi connectivity index (χ0v) is 8.55. The van der Waals surface area contributed by atoms with Gasteiger partial charge in [0.25, 0.3) is 0 Å². The Hall–Kier alpha value is -1.18. The second kappa shape index (κ2) is 3.52. The SMILES string of the molecule is C=C(O)C1=C2C(=C)CCCN2CCC1. The Morgan fingerprint density at radius 3 is 2.50 bits per heavy atom. The van der Waals surface area contributed by atoms with Crippen LogP contribution in [0.2, 0.25) is 0 Å². The number of hydrogen-bond acceptors (Lipinski definition) is 2. The summed E-state index contributed by atoms with van der Waals surface area (Å²) in [7, 11) is 0. The minimum atomic E-state index is 0.229. The molecule has 2 aliphatic heterocycles. The minimum absolute atomic E-state index is 0.229. The van der Waals surface area contributed by atoms with E-state index in [1.54, 1.807) is 0 Å². The molecule has 2 heterocycles. The average Bonchev–Trinajstić information content (AvgIpc) is 2.17. The van der Waals surface area contributed by atoms with Crippen molar-refractivity contribution in [2.45, 2.75) is 25.7 Å². The Labute approximate surface area is 85.2 Å². The molecule has 2 heteroatoms. The van der Waals surface area contributed by atoms with E-state index in [9.17, 15) is 5.11 Å². The summed E-state index contributed by atoms with van der Waals surface area (Å²) in [5.41, 5.74) is 3.36. The molecule has 0 aromatic carbocycles. The van der Waals surface area contributed by atoms with Crippen LogP contribution in [0.15, 0.2) is 35.8 Å². The summed E-state index contributed by atoms with van der Waals surface area (Å²) in [5, 5.41) is 9.51. The largest absolute Gasteiger partial charge is 0.508 e. The lowest BCUT2D eigenvalue weighted by Gasteiger charge is -2.38. The number of piperidine rings is 1. The van der Waals surface area contributed by atoms with Gasteiger partial charge in [0.1, 0.15) is 5.76 Å². The van der Waals surface area contributed by atoms with E-state index in [1.165, 1.54) is 17.7 Å². The molecular formula is C12H17NO. The van der Waals surface area contributed by atoms with E-state index in [0.29, 0.717) is 0 Å². The molecule has 2 nitrogen and oxygen atoms in total. The molecule has 0 atom stereocenters. The molecule has 0 bridgehead atoms. The van der Waals surface area contributed by atoms with Crippen molar-refractivity contribution in [3.8, 4) is 0 Å². The van der Waals surface area contributed by atoms with Crippen LogP contribution in [0.5, 0.6) is 0 Å². The Kier molecular flexibility index (Phi) is 2.36. The van der Waals surface area contributed by atoms with Crippen molar-refractivity contribution in [3.05, 3.63) is 35.8 Å². The van der Waals surface area contributed by atoms with Gasteiger partial charge in [0, 0.05) is 24.4 Å².